The molecule has 0 aliphatic rings. The van der Waals surface area contributed by atoms with Crippen molar-refractivity contribution >= 4 is 11.6 Å². The number of ether oxygens (including phenoxy) is 1. The Morgan fingerprint density at radius 2 is 2.11 bits per heavy atom. The fourth-order valence-corrected chi connectivity index (χ4v) is 2.27. The van der Waals surface area contributed by atoms with Gasteiger partial charge in [0.05, 0.1) is 0 Å². The van der Waals surface area contributed by atoms with Gasteiger partial charge in [-0.25, -0.2) is 0 Å². The van der Waals surface area contributed by atoms with Crippen molar-refractivity contribution in [1.82, 2.24) is 5.32 Å². The fourth-order valence-electron chi connectivity index (χ4n) is 2.04. The molecule has 1 unspecified atom stereocenters. The maximum atomic E-state index is 5.91. The van der Waals surface area contributed by atoms with Crippen molar-refractivity contribution in [2.45, 2.75) is 52.5 Å². The number of hydrogen-bond acceptors (Lipinski definition) is 2. The van der Waals surface area contributed by atoms with Crippen molar-refractivity contribution in [3.63, 3.8) is 0 Å². The van der Waals surface area contributed by atoms with Crippen LogP contribution < -0.4 is 10.1 Å². The van der Waals surface area contributed by atoms with Gasteiger partial charge in [-0.2, -0.15) is 0 Å². The van der Waals surface area contributed by atoms with Gasteiger partial charge in [-0.15, -0.1) is 0 Å². The maximum absolute atomic E-state index is 5.91. The summed E-state index contributed by atoms with van der Waals surface area (Å²) in [5.41, 5.74) is 1.09. The van der Waals surface area contributed by atoms with Crippen LogP contribution in [0.2, 0.25) is 5.02 Å². The van der Waals surface area contributed by atoms with Crippen LogP contribution in [0.5, 0.6) is 5.75 Å². The largest absolute Gasteiger partial charge is 0.492 e. The van der Waals surface area contributed by atoms with Gasteiger partial charge < -0.3 is 10.1 Å². The summed E-state index contributed by atoms with van der Waals surface area (Å²) in [4.78, 5) is 0. The Morgan fingerprint density at radius 1 is 1.32 bits per heavy atom. The van der Waals surface area contributed by atoms with Crippen molar-refractivity contribution in [3.05, 3.63) is 28.8 Å². The van der Waals surface area contributed by atoms with Gasteiger partial charge in [0.25, 0.3) is 0 Å². The molecule has 0 bridgehead atoms. The van der Waals surface area contributed by atoms with E-state index in [0.717, 1.165) is 22.9 Å². The van der Waals surface area contributed by atoms with Gasteiger partial charge in [0, 0.05) is 17.6 Å². The summed E-state index contributed by atoms with van der Waals surface area (Å²) in [5, 5.41) is 4.25. The lowest BCUT2D eigenvalue weighted by molar-refractivity contribution is 0.302. The zero-order valence-electron chi connectivity index (χ0n) is 12.3. The van der Waals surface area contributed by atoms with E-state index >= 15 is 0 Å². The molecule has 1 rings (SSSR count). The van der Waals surface area contributed by atoms with Crippen molar-refractivity contribution in [2.24, 2.45) is 0 Å². The predicted octanol–water partition coefficient (Wildman–Crippen LogP) is 4.59. The van der Waals surface area contributed by atoms with Gasteiger partial charge in [-0.05, 0) is 44.0 Å². The number of aryl methyl sites for hydroxylation is 1. The maximum Gasteiger partial charge on any atom is 0.122 e. The number of rotatable bonds is 9. The predicted molar refractivity (Wildman–Crippen MR) is 83.3 cm³/mol. The summed E-state index contributed by atoms with van der Waals surface area (Å²) >= 11 is 5.91. The second kappa shape index (κ2) is 9.22. The van der Waals surface area contributed by atoms with Crippen LogP contribution in [0.3, 0.4) is 0 Å². The molecule has 3 heteroatoms. The highest BCUT2D eigenvalue weighted by Crippen LogP contribution is 2.21. The second-order valence-electron chi connectivity index (χ2n) is 5.11. The summed E-state index contributed by atoms with van der Waals surface area (Å²) < 4.78 is 5.75. The Morgan fingerprint density at radius 3 is 2.79 bits per heavy atom. The minimum Gasteiger partial charge on any atom is -0.492 e. The lowest BCUT2D eigenvalue weighted by Gasteiger charge is -2.14. The van der Waals surface area contributed by atoms with E-state index in [1.807, 2.05) is 25.1 Å². The topological polar surface area (TPSA) is 21.3 Å². The molecule has 1 N–H and O–H groups in total. The Bertz CT molecular complexity index is 368. The minimum absolute atomic E-state index is 0.571. The van der Waals surface area contributed by atoms with Crippen LogP contribution in [0.25, 0.3) is 0 Å². The van der Waals surface area contributed by atoms with E-state index in [4.69, 9.17) is 16.3 Å². The third kappa shape index (κ3) is 6.84. The lowest BCUT2D eigenvalue weighted by Crippen LogP contribution is -2.30. The van der Waals surface area contributed by atoms with Crippen molar-refractivity contribution < 1.29 is 4.74 Å². The second-order valence-corrected chi connectivity index (χ2v) is 5.55. The Balaban J connectivity index is 2.16. The van der Waals surface area contributed by atoms with Gasteiger partial charge >= 0.3 is 0 Å². The van der Waals surface area contributed by atoms with E-state index in [1.165, 1.54) is 25.7 Å². The number of hydrogen-bond donors (Lipinski definition) is 1. The summed E-state index contributed by atoms with van der Waals surface area (Å²) in [5.74, 6) is 0.921. The summed E-state index contributed by atoms with van der Waals surface area (Å²) in [6.07, 6.45) is 5.16. The molecule has 0 saturated carbocycles. The highest BCUT2D eigenvalue weighted by atomic mass is 35.5. The standard InChI is InChI=1S/C16H26ClNO/c1-4-5-6-7-14(3)18-10-11-19-16-9-8-15(17)12-13(16)2/h8-9,12,14,18H,4-7,10-11H2,1-3H3. The first-order valence-corrected chi connectivity index (χ1v) is 7.63. The van der Waals surface area contributed by atoms with Crippen molar-refractivity contribution in [2.75, 3.05) is 13.2 Å². The first-order chi connectivity index (χ1) is 9.13. The van der Waals surface area contributed by atoms with Crippen molar-refractivity contribution in [3.8, 4) is 5.75 Å². The van der Waals surface area contributed by atoms with Crippen LogP contribution in [0.1, 0.15) is 45.1 Å². The van der Waals surface area contributed by atoms with Gasteiger partial charge in [0.1, 0.15) is 12.4 Å². The quantitative estimate of drug-likeness (QED) is 0.670. The van der Waals surface area contributed by atoms with Crippen LogP contribution >= 0.6 is 11.6 Å². The molecule has 108 valence electrons. The molecule has 0 saturated heterocycles. The monoisotopic (exact) mass is 283 g/mol. The Hall–Kier alpha value is -0.730. The average molecular weight is 284 g/mol. The molecule has 1 atom stereocenters. The van der Waals surface area contributed by atoms with E-state index in [9.17, 15) is 0 Å². The molecule has 0 aliphatic heterocycles. The molecule has 0 aromatic heterocycles. The summed E-state index contributed by atoms with van der Waals surface area (Å²) in [6.45, 7) is 8.07. The van der Waals surface area contributed by atoms with Crippen LogP contribution in [0.4, 0.5) is 0 Å². The van der Waals surface area contributed by atoms with E-state index < -0.39 is 0 Å². The zero-order chi connectivity index (χ0) is 14.1. The summed E-state index contributed by atoms with van der Waals surface area (Å²) in [6, 6.07) is 6.30. The Labute approximate surface area is 122 Å². The van der Waals surface area contributed by atoms with E-state index in [0.29, 0.717) is 12.6 Å². The highest BCUT2D eigenvalue weighted by molar-refractivity contribution is 6.30. The number of nitrogens with one attached hydrogen (secondary N) is 1. The SMILES string of the molecule is CCCCCC(C)NCCOc1ccc(Cl)cc1C. The molecule has 0 amide bonds. The van der Waals surface area contributed by atoms with Gasteiger partial charge in [-0.3, -0.25) is 0 Å². The van der Waals surface area contributed by atoms with Gasteiger partial charge in [0.15, 0.2) is 0 Å². The molecular weight excluding hydrogens is 258 g/mol. The molecular formula is C16H26ClNO. The molecule has 1 aromatic carbocycles. The molecule has 0 radical (unpaired) electrons. The van der Waals surface area contributed by atoms with E-state index in [2.05, 4.69) is 19.2 Å². The number of unbranched alkanes of at least 4 members (excludes halogenated alkanes) is 2. The summed E-state index contributed by atoms with van der Waals surface area (Å²) in [7, 11) is 0. The molecule has 2 nitrogen and oxygen atoms in total. The molecule has 0 heterocycles. The molecule has 0 aliphatic carbocycles. The number of benzene rings is 1. The van der Waals surface area contributed by atoms with Gasteiger partial charge in [0.2, 0.25) is 0 Å². The minimum atomic E-state index is 0.571. The third-order valence-corrected chi connectivity index (χ3v) is 3.47. The Kier molecular flexibility index (Phi) is 7.92. The highest BCUT2D eigenvalue weighted by Gasteiger charge is 2.02. The first kappa shape index (κ1) is 16.3. The average Bonchev–Trinajstić information content (AvgIpc) is 2.37. The molecule has 1 aromatic rings. The van der Waals surface area contributed by atoms with E-state index in [1.54, 1.807) is 0 Å². The fraction of sp³-hybridized carbons (Fsp3) is 0.625. The smallest absolute Gasteiger partial charge is 0.122 e. The molecule has 0 spiro atoms. The van der Waals surface area contributed by atoms with Crippen LogP contribution in [0, 0.1) is 6.92 Å². The van der Waals surface area contributed by atoms with Gasteiger partial charge in [-0.1, -0.05) is 37.8 Å². The normalized spacial score (nSPS) is 12.4. The lowest BCUT2D eigenvalue weighted by atomic mass is 10.1. The van der Waals surface area contributed by atoms with Crippen molar-refractivity contribution in [1.29, 1.82) is 0 Å². The van der Waals surface area contributed by atoms with Crippen LogP contribution in [0.15, 0.2) is 18.2 Å². The first-order valence-electron chi connectivity index (χ1n) is 7.25. The van der Waals surface area contributed by atoms with Crippen LogP contribution in [-0.4, -0.2) is 19.2 Å². The van der Waals surface area contributed by atoms with Crippen LogP contribution in [-0.2, 0) is 0 Å². The molecule has 19 heavy (non-hydrogen) atoms. The number of halogens is 1. The zero-order valence-corrected chi connectivity index (χ0v) is 13.1. The molecule has 0 fully saturated rings. The van der Waals surface area contributed by atoms with E-state index in [-0.39, 0.29) is 0 Å². The third-order valence-electron chi connectivity index (χ3n) is 3.23.